The molecule has 7 nitrogen and oxygen atoms in total. The average molecular weight is 626 g/mol. The van der Waals surface area contributed by atoms with Crippen LogP contribution in [0.5, 0.6) is 0 Å². The summed E-state index contributed by atoms with van der Waals surface area (Å²) in [5.74, 6) is -1.52. The smallest absolute Gasteiger partial charge is 0.416 e. The molecule has 0 bridgehead atoms. The number of halogens is 5. The third-order valence-corrected chi connectivity index (χ3v) is 8.95. The van der Waals surface area contributed by atoms with Gasteiger partial charge in [0, 0.05) is 25.2 Å². The van der Waals surface area contributed by atoms with E-state index in [0.29, 0.717) is 36.0 Å². The molecule has 1 heterocycles. The summed E-state index contributed by atoms with van der Waals surface area (Å²) >= 11 is 6.22. The molecule has 1 N–H and O–H groups in total. The van der Waals surface area contributed by atoms with Crippen LogP contribution in [0.4, 0.5) is 28.9 Å². The maximum absolute atomic E-state index is 14.5. The molecule has 0 atom stereocenters. The molecule has 3 aromatic carbocycles. The summed E-state index contributed by atoms with van der Waals surface area (Å²) in [7, 11) is -2.78. The number of allylic oxidation sites excluding steroid dienone is 1. The lowest BCUT2D eigenvalue weighted by Gasteiger charge is -2.39. The van der Waals surface area contributed by atoms with Crippen molar-refractivity contribution in [2.45, 2.75) is 18.0 Å². The number of alkyl halides is 3. The quantitative estimate of drug-likeness (QED) is 0.229. The third kappa shape index (κ3) is 6.88. The first kappa shape index (κ1) is 31.3. The van der Waals surface area contributed by atoms with Gasteiger partial charge in [-0.25, -0.2) is 12.8 Å². The summed E-state index contributed by atoms with van der Waals surface area (Å²) in [4.78, 5) is 14.1. The van der Waals surface area contributed by atoms with Crippen LogP contribution in [0.1, 0.15) is 23.6 Å². The Labute approximate surface area is 246 Å². The number of carbonyl (C=O) groups is 1. The van der Waals surface area contributed by atoms with Gasteiger partial charge in [0.1, 0.15) is 5.82 Å². The highest BCUT2D eigenvalue weighted by Gasteiger charge is 2.35. The Bertz CT molecular complexity index is 1610. The molecule has 1 aliphatic heterocycles. The number of carboxylic acid groups (broad SMARTS) is 1. The van der Waals surface area contributed by atoms with Crippen LogP contribution in [-0.4, -0.2) is 64.2 Å². The highest BCUT2D eigenvalue weighted by atomic mass is 35.5. The second-order valence-corrected chi connectivity index (χ2v) is 12.2. The van der Waals surface area contributed by atoms with Crippen molar-refractivity contribution in [3.05, 3.63) is 88.2 Å². The maximum atomic E-state index is 14.5. The summed E-state index contributed by atoms with van der Waals surface area (Å²) < 4.78 is 83.3. The highest BCUT2D eigenvalue weighted by Crippen LogP contribution is 2.39. The molecule has 1 aliphatic rings. The molecular weight excluding hydrogens is 598 g/mol. The Hall–Kier alpha value is -3.61. The van der Waals surface area contributed by atoms with Gasteiger partial charge in [-0.05, 0) is 67.6 Å². The molecule has 0 fully saturated rings. The average Bonchev–Trinajstić information content (AvgIpc) is 2.90. The van der Waals surface area contributed by atoms with E-state index in [-0.39, 0.29) is 35.9 Å². The largest absolute Gasteiger partial charge is 0.480 e. The first-order chi connectivity index (χ1) is 19.7. The summed E-state index contributed by atoms with van der Waals surface area (Å²) in [5.41, 5.74) is 0.819. The summed E-state index contributed by atoms with van der Waals surface area (Å²) in [6.45, 7) is 2.35. The van der Waals surface area contributed by atoms with Crippen molar-refractivity contribution >= 4 is 50.6 Å². The Morgan fingerprint density at radius 3 is 2.45 bits per heavy atom. The highest BCUT2D eigenvalue weighted by molar-refractivity contribution is 7.92. The van der Waals surface area contributed by atoms with Crippen molar-refractivity contribution < 1.29 is 35.9 Å². The van der Waals surface area contributed by atoms with E-state index in [2.05, 4.69) is 0 Å². The fourth-order valence-electron chi connectivity index (χ4n) is 4.79. The predicted molar refractivity (Wildman–Crippen MR) is 155 cm³/mol. The number of hydrogen-bond acceptors (Lipinski definition) is 5. The van der Waals surface area contributed by atoms with Gasteiger partial charge in [0.25, 0.3) is 10.0 Å². The zero-order valence-electron chi connectivity index (χ0n) is 22.7. The van der Waals surface area contributed by atoms with Crippen LogP contribution in [-0.2, 0) is 21.0 Å². The van der Waals surface area contributed by atoms with Crippen LogP contribution in [0.3, 0.4) is 0 Å². The number of fused-ring (bicyclic) bond motifs is 1. The first-order valence-corrected chi connectivity index (χ1v) is 14.6. The van der Waals surface area contributed by atoms with E-state index in [4.69, 9.17) is 16.7 Å². The van der Waals surface area contributed by atoms with Gasteiger partial charge >= 0.3 is 12.1 Å². The monoisotopic (exact) mass is 625 g/mol. The number of rotatable bonds is 9. The van der Waals surface area contributed by atoms with Crippen molar-refractivity contribution in [1.82, 2.24) is 4.90 Å². The molecule has 13 heteroatoms. The maximum Gasteiger partial charge on any atom is 0.416 e. The van der Waals surface area contributed by atoms with Gasteiger partial charge < -0.3 is 10.0 Å². The zero-order chi connectivity index (χ0) is 30.8. The van der Waals surface area contributed by atoms with Crippen molar-refractivity contribution in [3.63, 3.8) is 0 Å². The van der Waals surface area contributed by atoms with E-state index in [1.165, 1.54) is 12.1 Å². The Balaban J connectivity index is 1.78. The van der Waals surface area contributed by atoms with Crippen molar-refractivity contribution in [3.8, 4) is 0 Å². The first-order valence-electron chi connectivity index (χ1n) is 12.8. The second kappa shape index (κ2) is 12.3. The van der Waals surface area contributed by atoms with Crippen LogP contribution in [0.2, 0.25) is 5.02 Å². The molecule has 0 radical (unpaired) electrons. The fourth-order valence-corrected chi connectivity index (χ4v) is 6.61. The lowest BCUT2D eigenvalue weighted by Crippen LogP contribution is -2.46. The minimum Gasteiger partial charge on any atom is -0.480 e. The number of carboxylic acids is 1. The van der Waals surface area contributed by atoms with E-state index in [9.17, 15) is 30.8 Å². The van der Waals surface area contributed by atoms with Gasteiger partial charge in [-0.2, -0.15) is 13.2 Å². The van der Waals surface area contributed by atoms with Gasteiger partial charge in [0.2, 0.25) is 0 Å². The van der Waals surface area contributed by atoms with Crippen molar-refractivity contribution in [2.75, 3.05) is 49.0 Å². The Morgan fingerprint density at radius 2 is 1.79 bits per heavy atom. The molecule has 0 aliphatic carbocycles. The standard InChI is InChI=1S/C29H28ClF4N3O4S/c1-19(28-23(30)7-4-8-24(28)31)15-20-9-10-25-26(16-20)37(14-13-36(25)12-11-35(2)18-27(38)39)42(40,41)22-6-3-5-21(17-22)29(32,33)34/h3-10,15-17H,11-14,18H2,1-2H3,(H,38,39)/b19-15+. The molecule has 42 heavy (non-hydrogen) atoms. The number of sulfonamides is 1. The lowest BCUT2D eigenvalue weighted by molar-refractivity contribution is -0.138. The van der Waals surface area contributed by atoms with Crippen LogP contribution < -0.4 is 9.21 Å². The number of anilines is 2. The third-order valence-electron chi connectivity index (χ3n) is 6.83. The van der Waals surface area contributed by atoms with Crippen LogP contribution in [0.15, 0.2) is 65.6 Å². The van der Waals surface area contributed by atoms with Crippen molar-refractivity contribution in [1.29, 1.82) is 0 Å². The molecule has 0 aromatic heterocycles. The summed E-state index contributed by atoms with van der Waals surface area (Å²) in [6, 6.07) is 12.8. The molecule has 0 saturated heterocycles. The van der Waals surface area contributed by atoms with E-state index in [0.717, 1.165) is 22.5 Å². The fraction of sp³-hybridized carbons (Fsp3) is 0.276. The Kier molecular flexibility index (Phi) is 9.19. The number of benzene rings is 3. The van der Waals surface area contributed by atoms with Crippen LogP contribution in [0, 0.1) is 5.82 Å². The predicted octanol–water partition coefficient (Wildman–Crippen LogP) is 6.09. The van der Waals surface area contributed by atoms with Gasteiger partial charge in [-0.15, -0.1) is 0 Å². The van der Waals surface area contributed by atoms with Crippen LogP contribution >= 0.6 is 11.6 Å². The molecule has 0 unspecified atom stereocenters. The molecule has 0 spiro atoms. The van der Waals surface area contributed by atoms with E-state index in [1.54, 1.807) is 49.2 Å². The summed E-state index contributed by atoms with van der Waals surface area (Å²) in [5, 5.41) is 9.26. The Morgan fingerprint density at radius 1 is 1.07 bits per heavy atom. The molecule has 224 valence electrons. The van der Waals surface area contributed by atoms with Gasteiger partial charge in [0.15, 0.2) is 0 Å². The van der Waals surface area contributed by atoms with Gasteiger partial charge in [-0.1, -0.05) is 35.9 Å². The number of hydrogen-bond donors (Lipinski definition) is 1. The number of aliphatic carboxylic acids is 1. The minimum absolute atomic E-state index is 0.0699. The van der Waals surface area contributed by atoms with E-state index >= 15 is 0 Å². The normalized spacial score (nSPS) is 14.3. The minimum atomic E-state index is -4.73. The SMILES string of the molecule is C/C(=C\c1ccc2c(c1)N(S(=O)(=O)c1cccc(C(F)(F)F)c1)CCN2CCN(C)CC(=O)O)c1c(F)cccc1Cl. The van der Waals surface area contributed by atoms with Crippen LogP contribution in [0.25, 0.3) is 11.6 Å². The lowest BCUT2D eigenvalue weighted by atomic mass is 10.0. The van der Waals surface area contributed by atoms with Gasteiger partial charge in [-0.3, -0.25) is 14.0 Å². The summed E-state index contributed by atoms with van der Waals surface area (Å²) in [6.07, 6.45) is -3.09. The molecule has 0 amide bonds. The number of likely N-dealkylation sites (N-methyl/N-ethyl adjacent to an activating group) is 1. The molecule has 4 rings (SSSR count). The van der Waals surface area contributed by atoms with E-state index in [1.807, 2.05) is 4.90 Å². The number of nitrogens with zero attached hydrogens (tertiary/aromatic N) is 3. The van der Waals surface area contributed by atoms with Crippen molar-refractivity contribution in [2.24, 2.45) is 0 Å². The molecular formula is C29H28ClF4N3O4S. The molecule has 3 aromatic rings. The zero-order valence-corrected chi connectivity index (χ0v) is 24.3. The topological polar surface area (TPSA) is 81.2 Å². The van der Waals surface area contributed by atoms with E-state index < -0.39 is 38.4 Å². The molecule has 0 saturated carbocycles. The second-order valence-electron chi connectivity index (χ2n) is 9.89. The van der Waals surface area contributed by atoms with Gasteiger partial charge in [0.05, 0.1) is 39.9 Å².